The van der Waals surface area contributed by atoms with Crippen molar-refractivity contribution in [2.24, 2.45) is 5.41 Å². The van der Waals surface area contributed by atoms with E-state index in [4.69, 9.17) is 11.6 Å². The molecule has 0 radical (unpaired) electrons. The van der Waals surface area contributed by atoms with Gasteiger partial charge in [0.1, 0.15) is 5.82 Å². The second-order valence-electron chi connectivity index (χ2n) is 7.09. The van der Waals surface area contributed by atoms with Crippen molar-refractivity contribution in [1.29, 1.82) is 0 Å². The minimum Gasteiger partial charge on any atom is -0.342 e. The third-order valence-corrected chi connectivity index (χ3v) is 5.35. The molecule has 0 aromatic carbocycles. The van der Waals surface area contributed by atoms with E-state index in [-0.39, 0.29) is 28.6 Å². The molecular formula is C16H24ClN5O2. The number of carbonyl (C=O) groups is 2. The number of aromatic nitrogens is 3. The quantitative estimate of drug-likeness (QED) is 0.892. The molecule has 3 rings (SSSR count). The Bertz CT molecular complexity index is 632. The molecule has 132 valence electrons. The number of H-pyrrole nitrogens is 1. The molecular weight excluding hydrogens is 330 g/mol. The van der Waals surface area contributed by atoms with Gasteiger partial charge in [-0.05, 0) is 44.7 Å². The van der Waals surface area contributed by atoms with Gasteiger partial charge >= 0.3 is 0 Å². The highest BCUT2D eigenvalue weighted by atomic mass is 35.5. The Labute approximate surface area is 146 Å². The molecule has 3 heterocycles. The molecule has 0 aliphatic carbocycles. The maximum absolute atomic E-state index is 12.9. The largest absolute Gasteiger partial charge is 0.342 e. The van der Waals surface area contributed by atoms with Crippen LogP contribution in [0.25, 0.3) is 0 Å². The van der Waals surface area contributed by atoms with Gasteiger partial charge in [0.15, 0.2) is 0 Å². The Kier molecular flexibility index (Phi) is 4.80. The number of rotatable bonds is 4. The second kappa shape index (κ2) is 6.70. The van der Waals surface area contributed by atoms with Crippen molar-refractivity contribution in [1.82, 2.24) is 25.0 Å². The van der Waals surface area contributed by atoms with Crippen LogP contribution in [0.5, 0.6) is 0 Å². The van der Waals surface area contributed by atoms with Gasteiger partial charge in [-0.25, -0.2) is 4.98 Å². The number of piperidine rings is 1. The van der Waals surface area contributed by atoms with Gasteiger partial charge in [-0.1, -0.05) is 0 Å². The van der Waals surface area contributed by atoms with E-state index in [0.29, 0.717) is 31.8 Å². The first kappa shape index (κ1) is 17.2. The maximum Gasteiger partial charge on any atom is 0.242 e. The van der Waals surface area contributed by atoms with E-state index in [2.05, 4.69) is 29.0 Å². The van der Waals surface area contributed by atoms with E-state index in [1.54, 1.807) is 0 Å². The van der Waals surface area contributed by atoms with Gasteiger partial charge in [0.25, 0.3) is 0 Å². The molecule has 1 N–H and O–H groups in total. The molecule has 2 aliphatic rings. The van der Waals surface area contributed by atoms with Crippen LogP contribution in [-0.4, -0.2) is 62.5 Å². The molecule has 2 amide bonds. The molecule has 24 heavy (non-hydrogen) atoms. The average molecular weight is 354 g/mol. The number of amides is 2. The van der Waals surface area contributed by atoms with Crippen molar-refractivity contribution in [3.63, 3.8) is 0 Å². The van der Waals surface area contributed by atoms with Crippen molar-refractivity contribution in [2.45, 2.75) is 52.0 Å². The van der Waals surface area contributed by atoms with E-state index < -0.39 is 0 Å². The number of hydrogen-bond donors (Lipinski definition) is 1. The summed E-state index contributed by atoms with van der Waals surface area (Å²) in [4.78, 5) is 33.2. The smallest absolute Gasteiger partial charge is 0.242 e. The van der Waals surface area contributed by atoms with Crippen molar-refractivity contribution in [3.05, 3.63) is 11.1 Å². The van der Waals surface area contributed by atoms with Crippen LogP contribution in [0, 0.1) is 5.41 Å². The summed E-state index contributed by atoms with van der Waals surface area (Å²) < 4.78 is 0. The van der Waals surface area contributed by atoms with Crippen LogP contribution in [0.4, 0.5) is 0 Å². The van der Waals surface area contributed by atoms with Crippen molar-refractivity contribution in [3.8, 4) is 0 Å². The highest BCUT2D eigenvalue weighted by Crippen LogP contribution is 2.40. The molecule has 1 atom stereocenters. The standard InChI is InChI=1S/C16H24ClN5O2/c1-11(2)22-8-3-6-16(14(22)24)7-9-21(10-16)13(23)5-4-12-18-15(17)20-19-12/h11H,3-10H2,1-2H3,(H,18,19,20). The summed E-state index contributed by atoms with van der Waals surface area (Å²) >= 11 is 5.66. The number of aromatic amines is 1. The summed E-state index contributed by atoms with van der Waals surface area (Å²) in [5.74, 6) is 0.900. The molecule has 1 spiro atoms. The fourth-order valence-corrected chi connectivity index (χ4v) is 3.97. The molecule has 1 unspecified atom stereocenters. The van der Waals surface area contributed by atoms with Crippen LogP contribution in [0.1, 0.15) is 45.4 Å². The second-order valence-corrected chi connectivity index (χ2v) is 7.43. The van der Waals surface area contributed by atoms with Crippen molar-refractivity contribution in [2.75, 3.05) is 19.6 Å². The number of nitrogens with one attached hydrogen (secondary N) is 1. The van der Waals surface area contributed by atoms with E-state index in [1.807, 2.05) is 9.80 Å². The molecule has 2 fully saturated rings. The number of hydrogen-bond acceptors (Lipinski definition) is 4. The summed E-state index contributed by atoms with van der Waals surface area (Å²) in [5.41, 5.74) is -0.367. The van der Waals surface area contributed by atoms with E-state index >= 15 is 0 Å². The lowest BCUT2D eigenvalue weighted by Crippen LogP contribution is -2.52. The van der Waals surface area contributed by atoms with E-state index in [9.17, 15) is 9.59 Å². The topological polar surface area (TPSA) is 82.2 Å². The highest BCUT2D eigenvalue weighted by molar-refractivity contribution is 6.28. The van der Waals surface area contributed by atoms with Gasteiger partial charge in [0.2, 0.25) is 17.1 Å². The van der Waals surface area contributed by atoms with Crippen LogP contribution < -0.4 is 0 Å². The predicted molar refractivity (Wildman–Crippen MR) is 89.4 cm³/mol. The van der Waals surface area contributed by atoms with Crippen LogP contribution in [-0.2, 0) is 16.0 Å². The van der Waals surface area contributed by atoms with Gasteiger partial charge < -0.3 is 9.80 Å². The third kappa shape index (κ3) is 3.27. The Morgan fingerprint density at radius 1 is 1.38 bits per heavy atom. The zero-order valence-electron chi connectivity index (χ0n) is 14.2. The molecule has 2 saturated heterocycles. The Morgan fingerprint density at radius 3 is 2.83 bits per heavy atom. The van der Waals surface area contributed by atoms with Crippen molar-refractivity contribution < 1.29 is 9.59 Å². The molecule has 1 aromatic rings. The summed E-state index contributed by atoms with van der Waals surface area (Å²) in [6, 6.07) is 0.218. The van der Waals surface area contributed by atoms with Crippen LogP contribution >= 0.6 is 11.6 Å². The third-order valence-electron chi connectivity index (χ3n) is 5.18. The van der Waals surface area contributed by atoms with Crippen LogP contribution in [0.15, 0.2) is 0 Å². The average Bonchev–Trinajstić information content (AvgIpc) is 3.15. The van der Waals surface area contributed by atoms with Crippen LogP contribution in [0.2, 0.25) is 5.28 Å². The summed E-state index contributed by atoms with van der Waals surface area (Å²) in [6.45, 7) is 6.14. The van der Waals surface area contributed by atoms with Gasteiger partial charge in [-0.3, -0.25) is 14.7 Å². The lowest BCUT2D eigenvalue weighted by atomic mass is 9.78. The van der Waals surface area contributed by atoms with Gasteiger partial charge in [-0.2, -0.15) is 0 Å². The van der Waals surface area contributed by atoms with Gasteiger partial charge in [0, 0.05) is 38.5 Å². The molecule has 0 bridgehead atoms. The number of nitrogens with zero attached hydrogens (tertiary/aromatic N) is 4. The Hall–Kier alpha value is -1.63. The SMILES string of the molecule is CC(C)N1CCCC2(CCN(C(=O)CCc3nc(Cl)n[nH]3)C2)C1=O. The maximum atomic E-state index is 12.9. The van der Waals surface area contributed by atoms with Crippen LogP contribution in [0.3, 0.4) is 0 Å². The fourth-order valence-electron chi connectivity index (χ4n) is 3.82. The lowest BCUT2D eigenvalue weighted by molar-refractivity contribution is -0.148. The molecule has 7 nitrogen and oxygen atoms in total. The lowest BCUT2D eigenvalue weighted by Gasteiger charge is -2.41. The van der Waals surface area contributed by atoms with E-state index in [0.717, 1.165) is 25.8 Å². The zero-order valence-corrected chi connectivity index (χ0v) is 15.0. The number of halogens is 1. The first-order chi connectivity index (χ1) is 11.4. The number of aryl methyl sites for hydroxylation is 1. The molecule has 8 heteroatoms. The normalized spacial score (nSPS) is 24.4. The van der Waals surface area contributed by atoms with Gasteiger partial charge in [0.05, 0.1) is 5.41 Å². The summed E-state index contributed by atoms with van der Waals surface area (Å²) in [6.07, 6.45) is 3.51. The minimum atomic E-state index is -0.367. The predicted octanol–water partition coefficient (Wildman–Crippen LogP) is 1.64. The highest BCUT2D eigenvalue weighted by Gasteiger charge is 2.49. The Morgan fingerprint density at radius 2 is 2.17 bits per heavy atom. The summed E-state index contributed by atoms with van der Waals surface area (Å²) in [5, 5.41) is 6.62. The number of likely N-dealkylation sites (tertiary alicyclic amines) is 2. The first-order valence-corrected chi connectivity index (χ1v) is 8.95. The van der Waals surface area contributed by atoms with Crippen molar-refractivity contribution >= 4 is 23.4 Å². The fraction of sp³-hybridized carbons (Fsp3) is 0.750. The van der Waals surface area contributed by atoms with Gasteiger partial charge in [-0.15, -0.1) is 5.10 Å². The minimum absolute atomic E-state index is 0.0638. The first-order valence-electron chi connectivity index (χ1n) is 8.57. The summed E-state index contributed by atoms with van der Waals surface area (Å²) in [7, 11) is 0. The molecule has 2 aliphatic heterocycles. The Balaban J connectivity index is 1.59. The number of carbonyl (C=O) groups excluding carboxylic acids is 2. The van der Waals surface area contributed by atoms with E-state index in [1.165, 1.54) is 0 Å². The molecule has 1 aromatic heterocycles. The molecule has 0 saturated carbocycles. The zero-order chi connectivity index (χ0) is 17.3. The monoisotopic (exact) mass is 353 g/mol.